The number of aryl methyl sites for hydroxylation is 1. The van der Waals surface area contributed by atoms with Crippen LogP contribution in [0.5, 0.6) is 0 Å². The van der Waals surface area contributed by atoms with Crippen LogP contribution in [0.4, 0.5) is 20.4 Å². The average molecular weight is 485 g/mol. The summed E-state index contributed by atoms with van der Waals surface area (Å²) in [5.74, 6) is -2.21. The smallest absolute Gasteiger partial charge is 0.303 e. The van der Waals surface area contributed by atoms with E-state index >= 15 is 0 Å². The molecule has 0 unspecified atom stereocenters. The van der Waals surface area contributed by atoms with E-state index in [0.717, 1.165) is 44.3 Å². The fourth-order valence-electron chi connectivity index (χ4n) is 5.18. The molecule has 11 heteroatoms. The van der Waals surface area contributed by atoms with Gasteiger partial charge in [-0.3, -0.25) is 9.69 Å². The summed E-state index contributed by atoms with van der Waals surface area (Å²) in [6.07, 6.45) is 4.14. The molecule has 0 spiro atoms. The zero-order chi connectivity index (χ0) is 24.9. The number of fused-ring (bicyclic) bond motifs is 1. The molecule has 3 aromatic heterocycles. The van der Waals surface area contributed by atoms with Gasteiger partial charge in [-0.15, -0.1) is 5.10 Å². The summed E-state index contributed by atoms with van der Waals surface area (Å²) < 4.78 is 29.8. The van der Waals surface area contributed by atoms with Gasteiger partial charge in [0.05, 0.1) is 10.9 Å². The monoisotopic (exact) mass is 484 g/mol. The largest absolute Gasteiger partial charge is 0.353 e. The third-order valence-corrected chi connectivity index (χ3v) is 6.78. The molecule has 35 heavy (non-hydrogen) atoms. The van der Waals surface area contributed by atoms with Gasteiger partial charge in [-0.2, -0.15) is 8.78 Å². The third kappa shape index (κ3) is 4.56. The van der Waals surface area contributed by atoms with E-state index in [2.05, 4.69) is 37.0 Å². The Balaban J connectivity index is 1.61. The minimum atomic E-state index is -3.19. The van der Waals surface area contributed by atoms with Gasteiger partial charge in [-0.25, -0.2) is 19.6 Å². The van der Waals surface area contributed by atoms with E-state index in [1.54, 1.807) is 29.9 Å². The van der Waals surface area contributed by atoms with Gasteiger partial charge >= 0.3 is 5.92 Å². The number of pyridine rings is 1. The highest BCUT2D eigenvalue weighted by atomic mass is 19.3. The summed E-state index contributed by atoms with van der Waals surface area (Å²) in [7, 11) is 0. The molecule has 0 bridgehead atoms. The fourth-order valence-corrected chi connectivity index (χ4v) is 5.18. The van der Waals surface area contributed by atoms with Crippen molar-refractivity contribution in [2.75, 3.05) is 36.4 Å². The second kappa shape index (κ2) is 8.78. The maximum atomic E-state index is 14.1. The second-order valence-corrected chi connectivity index (χ2v) is 9.78. The summed E-state index contributed by atoms with van der Waals surface area (Å²) in [6.45, 7) is 10.0. The Morgan fingerprint density at radius 3 is 2.60 bits per heavy atom. The Morgan fingerprint density at radius 2 is 1.91 bits per heavy atom. The Morgan fingerprint density at radius 1 is 1.17 bits per heavy atom. The standard InChI is InChI=1S/C24H30F2N8O/c1-14-12-33(13-19(14)32-7-5-6-8-32)22-17-11-27-20(29-16(3)35)10-18(17)34(31-22)21-9-15(2)28-23(30-21)24(4,25)26/h9-11,14,19H,5-8,12-13H2,1-4H3,(H,27,29,35)/t14-,19+/m1/s1. The average Bonchev–Trinajstić information content (AvgIpc) is 3.50. The number of hydrogen-bond acceptors (Lipinski definition) is 7. The van der Waals surface area contributed by atoms with Crippen molar-refractivity contribution in [3.63, 3.8) is 0 Å². The summed E-state index contributed by atoms with van der Waals surface area (Å²) in [5, 5.41) is 8.32. The molecule has 5 rings (SSSR count). The molecule has 0 aliphatic carbocycles. The minimum Gasteiger partial charge on any atom is -0.353 e. The number of nitrogens with zero attached hydrogens (tertiary/aromatic N) is 7. The number of rotatable bonds is 5. The lowest BCUT2D eigenvalue weighted by molar-refractivity contribution is -0.114. The number of hydrogen-bond donors (Lipinski definition) is 1. The van der Waals surface area contributed by atoms with Crippen molar-refractivity contribution in [2.45, 2.75) is 52.5 Å². The maximum Gasteiger partial charge on any atom is 0.303 e. The molecule has 1 N–H and O–H groups in total. The van der Waals surface area contributed by atoms with Crippen LogP contribution in [0.2, 0.25) is 0 Å². The molecule has 2 aliphatic heterocycles. The van der Waals surface area contributed by atoms with Crippen LogP contribution < -0.4 is 10.2 Å². The predicted molar refractivity (Wildman–Crippen MR) is 129 cm³/mol. The number of likely N-dealkylation sites (tertiary alicyclic amines) is 1. The summed E-state index contributed by atoms with van der Waals surface area (Å²) in [5.41, 5.74) is 1.04. The highest BCUT2D eigenvalue weighted by Gasteiger charge is 2.37. The molecule has 0 radical (unpaired) electrons. The number of anilines is 2. The zero-order valence-corrected chi connectivity index (χ0v) is 20.4. The van der Waals surface area contributed by atoms with Gasteiger partial charge in [-0.1, -0.05) is 6.92 Å². The van der Waals surface area contributed by atoms with Crippen LogP contribution in [0.15, 0.2) is 18.3 Å². The number of amides is 1. The number of aromatic nitrogens is 5. The SMILES string of the molecule is CC(=O)Nc1cc2c(cn1)c(N1C[C@@H](C)[C@@H](N3CCCC3)C1)nn2-c1cc(C)nc(C(C)(F)F)n1. The van der Waals surface area contributed by atoms with Crippen LogP contribution in [0.25, 0.3) is 16.7 Å². The predicted octanol–water partition coefficient (Wildman–Crippen LogP) is 3.51. The van der Waals surface area contributed by atoms with E-state index in [-0.39, 0.29) is 11.7 Å². The van der Waals surface area contributed by atoms with E-state index in [9.17, 15) is 13.6 Å². The van der Waals surface area contributed by atoms with Crippen molar-refractivity contribution >= 4 is 28.4 Å². The molecule has 2 fully saturated rings. The van der Waals surface area contributed by atoms with Gasteiger partial charge in [0.2, 0.25) is 11.7 Å². The van der Waals surface area contributed by atoms with E-state index < -0.39 is 11.7 Å². The Kier molecular flexibility index (Phi) is 5.90. The topological polar surface area (TPSA) is 92.1 Å². The molecule has 3 aromatic rings. The second-order valence-electron chi connectivity index (χ2n) is 9.78. The Bertz CT molecular complexity index is 1260. The molecule has 1 amide bonds. The van der Waals surface area contributed by atoms with E-state index in [1.165, 1.54) is 19.8 Å². The number of carbonyl (C=O) groups excluding carboxylic acids is 1. The summed E-state index contributed by atoms with van der Waals surface area (Å²) in [6, 6.07) is 3.77. The lowest BCUT2D eigenvalue weighted by Crippen LogP contribution is -2.38. The normalized spacial score (nSPS) is 21.3. The number of alkyl halides is 2. The van der Waals surface area contributed by atoms with Crippen molar-refractivity contribution < 1.29 is 13.6 Å². The molecule has 0 saturated carbocycles. The van der Waals surface area contributed by atoms with Gasteiger partial charge < -0.3 is 10.2 Å². The van der Waals surface area contributed by atoms with Crippen LogP contribution in [0.1, 0.15) is 45.1 Å². The van der Waals surface area contributed by atoms with Crippen molar-refractivity contribution in [1.82, 2.24) is 29.6 Å². The summed E-state index contributed by atoms with van der Waals surface area (Å²) in [4.78, 5) is 28.9. The first-order valence-corrected chi connectivity index (χ1v) is 12.0. The number of carbonyl (C=O) groups is 1. The number of nitrogens with one attached hydrogen (secondary N) is 1. The molecule has 2 atom stereocenters. The van der Waals surface area contributed by atoms with Crippen LogP contribution >= 0.6 is 0 Å². The lowest BCUT2D eigenvalue weighted by Gasteiger charge is -2.26. The molecule has 2 saturated heterocycles. The Hall–Kier alpha value is -3.21. The van der Waals surface area contributed by atoms with Gasteiger partial charge in [0.25, 0.3) is 0 Å². The molecular formula is C24H30F2N8O. The van der Waals surface area contributed by atoms with Crippen LogP contribution in [0, 0.1) is 12.8 Å². The highest BCUT2D eigenvalue weighted by molar-refractivity contribution is 5.95. The van der Waals surface area contributed by atoms with Crippen molar-refractivity contribution in [3.05, 3.63) is 29.8 Å². The first-order valence-electron chi connectivity index (χ1n) is 12.0. The summed E-state index contributed by atoms with van der Waals surface area (Å²) >= 11 is 0. The van der Waals surface area contributed by atoms with E-state index in [0.29, 0.717) is 29.0 Å². The molecule has 0 aromatic carbocycles. The molecule has 5 heterocycles. The van der Waals surface area contributed by atoms with Crippen LogP contribution in [0.3, 0.4) is 0 Å². The van der Waals surface area contributed by atoms with Crippen molar-refractivity contribution in [3.8, 4) is 5.82 Å². The van der Waals surface area contributed by atoms with E-state index in [1.807, 2.05) is 0 Å². The van der Waals surface area contributed by atoms with Crippen molar-refractivity contribution in [1.29, 1.82) is 0 Å². The highest BCUT2D eigenvalue weighted by Crippen LogP contribution is 2.35. The third-order valence-electron chi connectivity index (χ3n) is 6.78. The molecule has 2 aliphatic rings. The molecule has 186 valence electrons. The van der Waals surface area contributed by atoms with Crippen LogP contribution in [-0.2, 0) is 10.7 Å². The van der Waals surface area contributed by atoms with Gasteiger partial charge in [0.15, 0.2) is 11.6 Å². The van der Waals surface area contributed by atoms with Gasteiger partial charge in [0.1, 0.15) is 5.82 Å². The quantitative estimate of drug-likeness (QED) is 0.593. The maximum absolute atomic E-state index is 14.1. The van der Waals surface area contributed by atoms with Crippen molar-refractivity contribution in [2.24, 2.45) is 5.92 Å². The Labute approximate surface area is 202 Å². The van der Waals surface area contributed by atoms with Gasteiger partial charge in [-0.05, 0) is 38.8 Å². The van der Waals surface area contributed by atoms with Crippen LogP contribution in [-0.4, -0.2) is 67.8 Å². The molecular weight excluding hydrogens is 454 g/mol. The van der Waals surface area contributed by atoms with E-state index in [4.69, 9.17) is 5.10 Å². The lowest BCUT2D eigenvalue weighted by atomic mass is 10.1. The minimum absolute atomic E-state index is 0.244. The number of halogens is 2. The first kappa shape index (κ1) is 23.5. The fraction of sp³-hybridized carbons (Fsp3) is 0.542. The first-order chi connectivity index (χ1) is 16.6. The van der Waals surface area contributed by atoms with Gasteiger partial charge in [0, 0.05) is 57.0 Å². The molecule has 9 nitrogen and oxygen atoms in total. The zero-order valence-electron chi connectivity index (χ0n) is 20.4.